The Bertz CT molecular complexity index is 616. The normalized spacial score (nSPS) is 14.7. The summed E-state index contributed by atoms with van der Waals surface area (Å²) < 4.78 is 10.6. The molecule has 5 heteroatoms. The first kappa shape index (κ1) is 15.5. The van der Waals surface area contributed by atoms with Crippen molar-refractivity contribution in [1.29, 1.82) is 0 Å². The van der Waals surface area contributed by atoms with Crippen molar-refractivity contribution in [3.05, 3.63) is 48.4 Å². The Morgan fingerprint density at radius 1 is 1.26 bits per heavy atom. The molecule has 0 aliphatic heterocycles. The van der Waals surface area contributed by atoms with E-state index in [9.17, 15) is 4.79 Å². The molecule has 2 amide bonds. The van der Waals surface area contributed by atoms with Crippen molar-refractivity contribution in [2.45, 2.75) is 38.3 Å². The van der Waals surface area contributed by atoms with E-state index in [1.54, 1.807) is 13.4 Å². The summed E-state index contributed by atoms with van der Waals surface area (Å²) in [6.07, 6.45) is 6.10. The second kappa shape index (κ2) is 7.22. The highest BCUT2D eigenvalue weighted by Crippen LogP contribution is 2.26. The highest BCUT2D eigenvalue weighted by molar-refractivity contribution is 5.89. The Morgan fingerprint density at radius 2 is 2.00 bits per heavy atom. The molecular weight excluding hydrogens is 292 g/mol. The van der Waals surface area contributed by atoms with Crippen LogP contribution in [0.3, 0.4) is 0 Å². The van der Waals surface area contributed by atoms with Crippen molar-refractivity contribution in [3.63, 3.8) is 0 Å². The summed E-state index contributed by atoms with van der Waals surface area (Å²) in [6.45, 7) is 0.500. The average molecular weight is 314 g/mol. The standard InChI is InChI=1S/C18H22N2O3/c1-22-16-10-8-14(9-11-16)19-18(21)20(15-5-2-3-6-15)13-17-7-4-12-23-17/h4,7-12,15H,2-3,5-6,13H2,1H3,(H,19,21). The van der Waals surface area contributed by atoms with Gasteiger partial charge in [0.05, 0.1) is 19.9 Å². The van der Waals surface area contributed by atoms with Gasteiger partial charge in [0.1, 0.15) is 11.5 Å². The molecule has 5 nitrogen and oxygen atoms in total. The summed E-state index contributed by atoms with van der Waals surface area (Å²) in [5.41, 5.74) is 0.762. The van der Waals surface area contributed by atoms with Gasteiger partial charge >= 0.3 is 6.03 Å². The highest BCUT2D eigenvalue weighted by Gasteiger charge is 2.27. The van der Waals surface area contributed by atoms with Gasteiger partial charge in [-0.3, -0.25) is 0 Å². The fourth-order valence-corrected chi connectivity index (χ4v) is 3.02. The molecule has 23 heavy (non-hydrogen) atoms. The van der Waals surface area contributed by atoms with Gasteiger partial charge in [-0.2, -0.15) is 0 Å². The molecule has 1 N–H and O–H groups in total. The summed E-state index contributed by atoms with van der Waals surface area (Å²) in [7, 11) is 1.62. The summed E-state index contributed by atoms with van der Waals surface area (Å²) in [4.78, 5) is 14.6. The van der Waals surface area contributed by atoms with E-state index in [4.69, 9.17) is 9.15 Å². The first-order valence-electron chi connectivity index (χ1n) is 8.00. The third-order valence-electron chi connectivity index (χ3n) is 4.27. The molecule has 2 aromatic rings. The summed E-state index contributed by atoms with van der Waals surface area (Å²) in [5.74, 6) is 1.58. The number of furan rings is 1. The van der Waals surface area contributed by atoms with Crippen LogP contribution in [-0.2, 0) is 6.54 Å². The quantitative estimate of drug-likeness (QED) is 0.897. The second-order valence-electron chi connectivity index (χ2n) is 5.80. The minimum atomic E-state index is -0.0848. The lowest BCUT2D eigenvalue weighted by Gasteiger charge is -2.28. The molecular formula is C18H22N2O3. The molecule has 1 aromatic heterocycles. The fraction of sp³-hybridized carbons (Fsp3) is 0.389. The zero-order valence-electron chi connectivity index (χ0n) is 13.3. The number of rotatable bonds is 5. The summed E-state index contributed by atoms with van der Waals surface area (Å²) >= 11 is 0. The third-order valence-corrected chi connectivity index (χ3v) is 4.27. The third kappa shape index (κ3) is 3.86. The van der Waals surface area contributed by atoms with Crippen molar-refractivity contribution < 1.29 is 13.9 Å². The van der Waals surface area contributed by atoms with Gasteiger partial charge in [-0.1, -0.05) is 12.8 Å². The molecule has 0 radical (unpaired) electrons. The van der Waals surface area contributed by atoms with E-state index in [2.05, 4.69) is 5.32 Å². The van der Waals surface area contributed by atoms with Gasteiger partial charge in [0.25, 0.3) is 0 Å². The van der Waals surface area contributed by atoms with Gasteiger partial charge in [-0.15, -0.1) is 0 Å². The van der Waals surface area contributed by atoms with Crippen molar-refractivity contribution in [1.82, 2.24) is 4.90 Å². The molecule has 3 rings (SSSR count). The largest absolute Gasteiger partial charge is 0.497 e. The highest BCUT2D eigenvalue weighted by atomic mass is 16.5. The summed E-state index contributed by atoms with van der Waals surface area (Å²) in [6, 6.07) is 11.3. The number of hydrogen-bond donors (Lipinski definition) is 1. The zero-order chi connectivity index (χ0) is 16.1. The molecule has 1 heterocycles. The fourth-order valence-electron chi connectivity index (χ4n) is 3.02. The van der Waals surface area contributed by atoms with Gasteiger partial charge in [-0.05, 0) is 49.2 Å². The number of anilines is 1. The van der Waals surface area contributed by atoms with E-state index in [0.29, 0.717) is 6.54 Å². The minimum absolute atomic E-state index is 0.0848. The maximum absolute atomic E-state index is 12.7. The maximum atomic E-state index is 12.7. The number of amides is 2. The molecule has 1 fully saturated rings. The number of nitrogens with one attached hydrogen (secondary N) is 1. The van der Waals surface area contributed by atoms with E-state index in [1.807, 2.05) is 41.3 Å². The molecule has 1 saturated carbocycles. The van der Waals surface area contributed by atoms with E-state index < -0.39 is 0 Å². The molecule has 1 aromatic carbocycles. The van der Waals surface area contributed by atoms with Crippen molar-refractivity contribution in [2.24, 2.45) is 0 Å². The van der Waals surface area contributed by atoms with Crippen LogP contribution in [0.5, 0.6) is 5.75 Å². The van der Waals surface area contributed by atoms with Crippen LogP contribution in [0.1, 0.15) is 31.4 Å². The number of ether oxygens (including phenoxy) is 1. The van der Waals surface area contributed by atoms with Crippen LogP contribution < -0.4 is 10.1 Å². The van der Waals surface area contributed by atoms with Gasteiger partial charge in [-0.25, -0.2) is 4.79 Å². The Hall–Kier alpha value is -2.43. The van der Waals surface area contributed by atoms with Gasteiger partial charge < -0.3 is 19.4 Å². The number of carbonyl (C=O) groups is 1. The smallest absolute Gasteiger partial charge is 0.322 e. The Morgan fingerprint density at radius 3 is 2.61 bits per heavy atom. The molecule has 0 bridgehead atoms. The van der Waals surface area contributed by atoms with Gasteiger partial charge in [0.15, 0.2) is 0 Å². The van der Waals surface area contributed by atoms with Crippen LogP contribution in [0, 0.1) is 0 Å². The van der Waals surface area contributed by atoms with Crippen LogP contribution in [0.4, 0.5) is 10.5 Å². The van der Waals surface area contributed by atoms with E-state index >= 15 is 0 Å². The number of urea groups is 1. The van der Waals surface area contributed by atoms with Crippen LogP contribution in [0.2, 0.25) is 0 Å². The van der Waals surface area contributed by atoms with E-state index in [0.717, 1.165) is 30.0 Å². The number of methoxy groups -OCH3 is 1. The second-order valence-corrected chi connectivity index (χ2v) is 5.80. The van der Waals surface area contributed by atoms with E-state index in [1.165, 1.54) is 12.8 Å². The maximum Gasteiger partial charge on any atom is 0.322 e. The van der Waals surface area contributed by atoms with Crippen LogP contribution in [-0.4, -0.2) is 24.1 Å². The Kier molecular flexibility index (Phi) is 4.86. The average Bonchev–Trinajstić information content (AvgIpc) is 3.27. The monoisotopic (exact) mass is 314 g/mol. The summed E-state index contributed by atoms with van der Waals surface area (Å²) in [5, 5.41) is 2.97. The first-order valence-corrected chi connectivity index (χ1v) is 8.00. The van der Waals surface area contributed by atoms with Crippen molar-refractivity contribution in [2.75, 3.05) is 12.4 Å². The van der Waals surface area contributed by atoms with Crippen molar-refractivity contribution >= 4 is 11.7 Å². The van der Waals surface area contributed by atoms with Crippen LogP contribution in [0.15, 0.2) is 47.1 Å². The molecule has 122 valence electrons. The Balaban J connectivity index is 1.70. The SMILES string of the molecule is COc1ccc(NC(=O)N(Cc2ccco2)C2CCCC2)cc1. The molecule has 0 unspecified atom stereocenters. The molecule has 0 atom stereocenters. The topological polar surface area (TPSA) is 54.7 Å². The van der Waals surface area contributed by atoms with Crippen LogP contribution >= 0.6 is 0 Å². The van der Waals surface area contributed by atoms with E-state index in [-0.39, 0.29) is 12.1 Å². The molecule has 0 spiro atoms. The predicted molar refractivity (Wildman–Crippen MR) is 88.5 cm³/mol. The van der Waals surface area contributed by atoms with Gasteiger partial charge in [0.2, 0.25) is 0 Å². The molecule has 0 saturated heterocycles. The van der Waals surface area contributed by atoms with Crippen molar-refractivity contribution in [3.8, 4) is 5.75 Å². The Labute approximate surface area is 136 Å². The number of nitrogens with zero attached hydrogens (tertiary/aromatic N) is 1. The lowest BCUT2D eigenvalue weighted by molar-refractivity contribution is 0.178. The number of hydrogen-bond acceptors (Lipinski definition) is 3. The molecule has 1 aliphatic carbocycles. The predicted octanol–water partition coefficient (Wildman–Crippen LogP) is 4.26. The molecule has 1 aliphatic rings. The number of benzene rings is 1. The lowest BCUT2D eigenvalue weighted by Crippen LogP contribution is -2.41. The van der Waals surface area contributed by atoms with Crippen LogP contribution in [0.25, 0.3) is 0 Å². The number of carbonyl (C=O) groups excluding carboxylic acids is 1. The van der Waals surface area contributed by atoms with Gasteiger partial charge in [0, 0.05) is 11.7 Å². The lowest BCUT2D eigenvalue weighted by atomic mass is 10.2. The zero-order valence-corrected chi connectivity index (χ0v) is 13.3. The first-order chi connectivity index (χ1) is 11.3. The minimum Gasteiger partial charge on any atom is -0.497 e.